The maximum absolute atomic E-state index is 12.0. The van der Waals surface area contributed by atoms with Gasteiger partial charge in [-0.15, -0.1) is 0 Å². The molecular formula is C18H28N2O2. The minimum atomic E-state index is -0.0770. The highest BCUT2D eigenvalue weighted by Gasteiger charge is 2.08. The van der Waals surface area contributed by atoms with Crippen LogP contribution in [0.15, 0.2) is 24.3 Å². The Morgan fingerprint density at radius 1 is 1.05 bits per heavy atom. The lowest BCUT2D eigenvalue weighted by Crippen LogP contribution is -2.31. The largest absolute Gasteiger partial charge is 0.350 e. The van der Waals surface area contributed by atoms with Gasteiger partial charge in [0, 0.05) is 23.7 Å². The molecule has 0 saturated carbocycles. The lowest BCUT2D eigenvalue weighted by Gasteiger charge is -2.11. The fourth-order valence-electron chi connectivity index (χ4n) is 2.05. The van der Waals surface area contributed by atoms with Gasteiger partial charge in [0.15, 0.2) is 0 Å². The van der Waals surface area contributed by atoms with E-state index in [4.69, 9.17) is 0 Å². The van der Waals surface area contributed by atoms with Crippen LogP contribution in [0.25, 0.3) is 0 Å². The van der Waals surface area contributed by atoms with Crippen molar-refractivity contribution < 1.29 is 9.59 Å². The van der Waals surface area contributed by atoms with Crippen molar-refractivity contribution in [3.05, 3.63) is 29.8 Å². The third-order valence-corrected chi connectivity index (χ3v) is 3.68. The van der Waals surface area contributed by atoms with Gasteiger partial charge in [-0.3, -0.25) is 9.59 Å². The van der Waals surface area contributed by atoms with E-state index >= 15 is 0 Å². The number of hydrogen-bond donors (Lipinski definition) is 2. The van der Waals surface area contributed by atoms with Gasteiger partial charge < -0.3 is 10.6 Å². The van der Waals surface area contributed by atoms with Gasteiger partial charge in [-0.05, 0) is 44.0 Å². The molecule has 0 radical (unpaired) electrons. The molecule has 0 aromatic heterocycles. The normalized spacial score (nSPS) is 11.8. The Kier molecular flexibility index (Phi) is 8.26. The fourth-order valence-corrected chi connectivity index (χ4v) is 2.05. The first-order valence-corrected chi connectivity index (χ1v) is 8.27. The van der Waals surface area contributed by atoms with Crippen LogP contribution >= 0.6 is 0 Å². The van der Waals surface area contributed by atoms with Crippen LogP contribution in [-0.2, 0) is 4.79 Å². The van der Waals surface area contributed by atoms with Crippen molar-refractivity contribution in [3.8, 4) is 0 Å². The molecule has 2 amide bonds. The molecule has 122 valence electrons. The highest BCUT2D eigenvalue weighted by Crippen LogP contribution is 2.11. The Bertz CT molecular complexity index is 468. The summed E-state index contributed by atoms with van der Waals surface area (Å²) in [6.45, 7) is 6.16. The Labute approximate surface area is 133 Å². The molecule has 1 atom stereocenters. The quantitative estimate of drug-likeness (QED) is 0.674. The summed E-state index contributed by atoms with van der Waals surface area (Å²) in [7, 11) is 0. The second-order valence-electron chi connectivity index (χ2n) is 5.72. The van der Waals surface area contributed by atoms with E-state index in [2.05, 4.69) is 17.6 Å². The van der Waals surface area contributed by atoms with E-state index in [0.29, 0.717) is 12.0 Å². The van der Waals surface area contributed by atoms with E-state index in [1.165, 1.54) is 12.8 Å². The maximum atomic E-state index is 12.0. The molecule has 1 aromatic carbocycles. The van der Waals surface area contributed by atoms with Crippen LogP contribution in [0.1, 0.15) is 69.7 Å². The SMILES string of the molecule is CCCCCCC(=O)Nc1ccc(C(=O)NC(C)CC)cc1. The van der Waals surface area contributed by atoms with Gasteiger partial charge in [0.05, 0.1) is 0 Å². The molecule has 0 spiro atoms. The first-order valence-electron chi connectivity index (χ1n) is 8.27. The number of rotatable bonds is 9. The van der Waals surface area contributed by atoms with Crippen molar-refractivity contribution in [1.82, 2.24) is 5.32 Å². The van der Waals surface area contributed by atoms with Crippen LogP contribution in [-0.4, -0.2) is 17.9 Å². The molecule has 0 bridgehead atoms. The van der Waals surface area contributed by atoms with E-state index in [-0.39, 0.29) is 17.9 Å². The zero-order valence-corrected chi connectivity index (χ0v) is 13.9. The van der Waals surface area contributed by atoms with Crippen LogP contribution in [0.5, 0.6) is 0 Å². The molecule has 1 unspecified atom stereocenters. The first kappa shape index (κ1) is 18.2. The van der Waals surface area contributed by atoms with Crippen LogP contribution < -0.4 is 10.6 Å². The van der Waals surface area contributed by atoms with Gasteiger partial charge >= 0.3 is 0 Å². The average molecular weight is 304 g/mol. The number of carbonyl (C=O) groups excluding carboxylic acids is 2. The molecule has 1 aromatic rings. The summed E-state index contributed by atoms with van der Waals surface area (Å²) in [6.07, 6.45) is 5.82. The van der Waals surface area contributed by atoms with E-state index < -0.39 is 0 Å². The average Bonchev–Trinajstić information content (AvgIpc) is 2.52. The van der Waals surface area contributed by atoms with Crippen molar-refractivity contribution in [3.63, 3.8) is 0 Å². The maximum Gasteiger partial charge on any atom is 0.251 e. The molecule has 0 fully saturated rings. The number of unbranched alkanes of at least 4 members (excludes halogenated alkanes) is 3. The minimum Gasteiger partial charge on any atom is -0.350 e. The first-order chi connectivity index (χ1) is 10.6. The third-order valence-electron chi connectivity index (χ3n) is 3.68. The summed E-state index contributed by atoms with van der Waals surface area (Å²) < 4.78 is 0. The second kappa shape index (κ2) is 9.98. The van der Waals surface area contributed by atoms with Gasteiger partial charge in [0.1, 0.15) is 0 Å². The predicted molar refractivity (Wildman–Crippen MR) is 91.0 cm³/mol. The van der Waals surface area contributed by atoms with Crippen molar-refractivity contribution in [2.75, 3.05) is 5.32 Å². The van der Waals surface area contributed by atoms with Crippen molar-refractivity contribution in [1.29, 1.82) is 0 Å². The monoisotopic (exact) mass is 304 g/mol. The number of benzene rings is 1. The van der Waals surface area contributed by atoms with Gasteiger partial charge in [-0.25, -0.2) is 0 Å². The summed E-state index contributed by atoms with van der Waals surface area (Å²) in [5.41, 5.74) is 1.35. The van der Waals surface area contributed by atoms with Crippen LogP contribution in [0.2, 0.25) is 0 Å². The molecule has 0 aliphatic heterocycles. The minimum absolute atomic E-state index is 0.0351. The van der Waals surface area contributed by atoms with Gasteiger partial charge in [0.2, 0.25) is 5.91 Å². The molecule has 2 N–H and O–H groups in total. The van der Waals surface area contributed by atoms with Gasteiger partial charge in [-0.2, -0.15) is 0 Å². The second-order valence-corrected chi connectivity index (χ2v) is 5.72. The molecule has 0 heterocycles. The zero-order valence-electron chi connectivity index (χ0n) is 13.9. The van der Waals surface area contributed by atoms with Crippen molar-refractivity contribution in [2.45, 2.75) is 65.3 Å². The Morgan fingerprint density at radius 3 is 2.32 bits per heavy atom. The Hall–Kier alpha value is -1.84. The molecule has 4 nitrogen and oxygen atoms in total. The number of carbonyl (C=O) groups is 2. The number of amides is 2. The lowest BCUT2D eigenvalue weighted by atomic mass is 10.1. The highest BCUT2D eigenvalue weighted by molar-refractivity contribution is 5.95. The van der Waals surface area contributed by atoms with E-state index in [1.807, 2.05) is 13.8 Å². The fraction of sp³-hybridized carbons (Fsp3) is 0.556. The highest BCUT2D eigenvalue weighted by atomic mass is 16.2. The Morgan fingerprint density at radius 2 is 1.73 bits per heavy atom. The summed E-state index contributed by atoms with van der Waals surface area (Å²) >= 11 is 0. The molecule has 0 aliphatic carbocycles. The molecular weight excluding hydrogens is 276 g/mol. The van der Waals surface area contributed by atoms with Crippen molar-refractivity contribution >= 4 is 17.5 Å². The number of anilines is 1. The molecule has 22 heavy (non-hydrogen) atoms. The number of nitrogens with one attached hydrogen (secondary N) is 2. The third kappa shape index (κ3) is 6.74. The van der Waals surface area contributed by atoms with Crippen LogP contribution in [0.4, 0.5) is 5.69 Å². The van der Waals surface area contributed by atoms with E-state index in [1.54, 1.807) is 24.3 Å². The smallest absolute Gasteiger partial charge is 0.251 e. The van der Waals surface area contributed by atoms with Gasteiger partial charge in [0.25, 0.3) is 5.91 Å². The standard InChI is InChI=1S/C18H28N2O2/c1-4-6-7-8-9-17(21)20-16-12-10-15(11-13-16)18(22)19-14(3)5-2/h10-14H,4-9H2,1-3H3,(H,19,22)(H,20,21). The van der Waals surface area contributed by atoms with E-state index in [0.717, 1.165) is 24.9 Å². The summed E-state index contributed by atoms with van der Waals surface area (Å²) in [5, 5.41) is 5.79. The molecule has 0 saturated heterocycles. The molecule has 1 rings (SSSR count). The Balaban J connectivity index is 2.44. The summed E-state index contributed by atoms with van der Waals surface area (Å²) in [5.74, 6) is -0.0419. The lowest BCUT2D eigenvalue weighted by molar-refractivity contribution is -0.116. The number of hydrogen-bond acceptors (Lipinski definition) is 2. The van der Waals surface area contributed by atoms with Crippen LogP contribution in [0.3, 0.4) is 0 Å². The molecule has 0 aliphatic rings. The summed E-state index contributed by atoms with van der Waals surface area (Å²) in [6, 6.07) is 7.19. The summed E-state index contributed by atoms with van der Waals surface area (Å²) in [4.78, 5) is 23.7. The van der Waals surface area contributed by atoms with E-state index in [9.17, 15) is 9.59 Å². The zero-order chi connectivity index (χ0) is 16.4. The van der Waals surface area contributed by atoms with Gasteiger partial charge in [-0.1, -0.05) is 33.1 Å². The predicted octanol–water partition coefficient (Wildman–Crippen LogP) is 4.12. The van der Waals surface area contributed by atoms with Crippen molar-refractivity contribution in [2.24, 2.45) is 0 Å². The molecule has 4 heteroatoms. The van der Waals surface area contributed by atoms with Crippen LogP contribution in [0, 0.1) is 0 Å². The topological polar surface area (TPSA) is 58.2 Å².